The molecule has 2 heterocycles. The molecule has 0 bridgehead atoms. The van der Waals surface area contributed by atoms with Crippen LogP contribution in [0.2, 0.25) is 5.02 Å². The van der Waals surface area contributed by atoms with Crippen molar-refractivity contribution in [2.24, 2.45) is 0 Å². The SMILES string of the molecule is Cc1ccccc1.O=C(CNc1cc(-n2ccnc2)nc(NCc2cccc(Cl)c2)n1)NCc1ccc(C(F)(F)F)cc1. The van der Waals surface area contributed by atoms with Crippen LogP contribution >= 0.6 is 11.6 Å². The van der Waals surface area contributed by atoms with Gasteiger partial charge in [0.15, 0.2) is 0 Å². The van der Waals surface area contributed by atoms with E-state index in [0.29, 0.717) is 34.7 Å². The molecule has 3 aromatic carbocycles. The number of aryl methyl sites for hydroxylation is 1. The molecule has 0 saturated carbocycles. The first-order valence-electron chi connectivity index (χ1n) is 13.2. The number of carbonyl (C=O) groups excluding carboxylic acids is 1. The van der Waals surface area contributed by atoms with E-state index in [4.69, 9.17) is 11.6 Å². The van der Waals surface area contributed by atoms with E-state index >= 15 is 0 Å². The van der Waals surface area contributed by atoms with Crippen LogP contribution in [0.4, 0.5) is 24.9 Å². The summed E-state index contributed by atoms with van der Waals surface area (Å²) in [6, 6.07) is 23.9. The van der Waals surface area contributed by atoms with Gasteiger partial charge in [0, 0.05) is 36.6 Å². The van der Waals surface area contributed by atoms with Crippen LogP contribution in [0.25, 0.3) is 5.82 Å². The Bertz CT molecular complexity index is 1600. The number of carbonyl (C=O) groups is 1. The summed E-state index contributed by atoms with van der Waals surface area (Å²) in [7, 11) is 0. The Hall–Kier alpha value is -4.90. The molecule has 8 nitrogen and oxygen atoms in total. The molecule has 0 atom stereocenters. The molecule has 5 aromatic rings. The topological polar surface area (TPSA) is 96.8 Å². The van der Waals surface area contributed by atoms with Gasteiger partial charge in [-0.2, -0.15) is 23.1 Å². The molecule has 5 rings (SSSR count). The van der Waals surface area contributed by atoms with Gasteiger partial charge in [0.2, 0.25) is 11.9 Å². The third-order valence-corrected chi connectivity index (χ3v) is 6.20. The van der Waals surface area contributed by atoms with Gasteiger partial charge in [0.1, 0.15) is 18.0 Å². The number of rotatable bonds is 9. The average molecular weight is 608 g/mol. The summed E-state index contributed by atoms with van der Waals surface area (Å²) >= 11 is 6.04. The molecule has 43 heavy (non-hydrogen) atoms. The van der Waals surface area contributed by atoms with Crippen LogP contribution in [0.15, 0.2) is 104 Å². The highest BCUT2D eigenvalue weighted by Gasteiger charge is 2.29. The Morgan fingerprint density at radius 2 is 1.65 bits per heavy atom. The average Bonchev–Trinajstić information content (AvgIpc) is 3.54. The molecule has 0 unspecified atom stereocenters. The van der Waals surface area contributed by atoms with Crippen LogP contribution in [0, 0.1) is 6.92 Å². The maximum atomic E-state index is 12.7. The molecule has 0 aliphatic rings. The second-order valence-electron chi connectivity index (χ2n) is 9.37. The molecule has 0 radical (unpaired) electrons. The number of nitrogens with zero attached hydrogens (tertiary/aromatic N) is 4. The van der Waals surface area contributed by atoms with Crippen molar-refractivity contribution in [1.82, 2.24) is 24.8 Å². The summed E-state index contributed by atoms with van der Waals surface area (Å²) in [6.07, 6.45) is 0.525. The highest BCUT2D eigenvalue weighted by atomic mass is 35.5. The van der Waals surface area contributed by atoms with E-state index in [2.05, 4.69) is 50.0 Å². The number of halogens is 4. The van der Waals surface area contributed by atoms with E-state index in [1.54, 1.807) is 35.4 Å². The Kier molecular flexibility index (Phi) is 10.7. The number of benzene rings is 3. The largest absolute Gasteiger partial charge is 0.416 e. The van der Waals surface area contributed by atoms with Gasteiger partial charge in [-0.15, -0.1) is 0 Å². The highest BCUT2D eigenvalue weighted by Crippen LogP contribution is 2.29. The minimum absolute atomic E-state index is 0.0924. The molecule has 222 valence electrons. The molecule has 0 fully saturated rings. The molecule has 0 aliphatic heterocycles. The lowest BCUT2D eigenvalue weighted by molar-refractivity contribution is -0.137. The first kappa shape index (κ1) is 31.0. The summed E-state index contributed by atoms with van der Waals surface area (Å²) in [5.41, 5.74) is 2.07. The first-order chi connectivity index (χ1) is 20.7. The fraction of sp³-hybridized carbons (Fsp3) is 0.161. The lowest BCUT2D eigenvalue weighted by Crippen LogP contribution is -2.29. The van der Waals surface area contributed by atoms with E-state index in [1.165, 1.54) is 17.7 Å². The fourth-order valence-electron chi connectivity index (χ4n) is 3.74. The molecule has 0 saturated heterocycles. The Morgan fingerprint density at radius 3 is 2.28 bits per heavy atom. The van der Waals surface area contributed by atoms with Crippen LogP contribution < -0.4 is 16.0 Å². The lowest BCUT2D eigenvalue weighted by Gasteiger charge is -2.12. The first-order valence-corrected chi connectivity index (χ1v) is 13.6. The van der Waals surface area contributed by atoms with Crippen LogP contribution in [-0.4, -0.2) is 32.0 Å². The van der Waals surface area contributed by atoms with Gasteiger partial charge in [-0.1, -0.05) is 71.8 Å². The molecule has 0 aliphatic carbocycles. The quantitative estimate of drug-likeness (QED) is 0.173. The van der Waals surface area contributed by atoms with Crippen LogP contribution in [0.5, 0.6) is 0 Å². The Morgan fingerprint density at radius 1 is 0.884 bits per heavy atom. The van der Waals surface area contributed by atoms with E-state index in [0.717, 1.165) is 17.7 Å². The van der Waals surface area contributed by atoms with E-state index in [1.807, 2.05) is 36.4 Å². The van der Waals surface area contributed by atoms with E-state index in [-0.39, 0.29) is 19.0 Å². The van der Waals surface area contributed by atoms with Gasteiger partial charge in [-0.05, 0) is 42.3 Å². The van der Waals surface area contributed by atoms with Crippen LogP contribution in [0.1, 0.15) is 22.3 Å². The Labute approximate surface area is 252 Å². The molecular weight excluding hydrogens is 579 g/mol. The zero-order chi connectivity index (χ0) is 30.7. The number of hydrogen-bond donors (Lipinski definition) is 3. The van der Waals surface area contributed by atoms with E-state index in [9.17, 15) is 18.0 Å². The third-order valence-electron chi connectivity index (χ3n) is 5.96. The third kappa shape index (κ3) is 10.2. The predicted molar refractivity (Wildman–Crippen MR) is 161 cm³/mol. The molecule has 0 spiro atoms. The second-order valence-corrected chi connectivity index (χ2v) is 9.80. The summed E-state index contributed by atoms with van der Waals surface area (Å²) in [5, 5.41) is 9.38. The molecule has 1 amide bonds. The van der Waals surface area contributed by atoms with Crippen molar-refractivity contribution in [1.29, 1.82) is 0 Å². The number of hydrogen-bond acceptors (Lipinski definition) is 6. The van der Waals surface area contributed by atoms with Gasteiger partial charge >= 0.3 is 6.18 Å². The molecule has 12 heteroatoms. The van der Waals surface area contributed by atoms with Crippen LogP contribution in [0.3, 0.4) is 0 Å². The molecular formula is C31H29ClF3N7O. The number of aromatic nitrogens is 4. The number of imidazole rings is 1. The van der Waals surface area contributed by atoms with Gasteiger partial charge in [-0.3, -0.25) is 9.36 Å². The van der Waals surface area contributed by atoms with Crippen molar-refractivity contribution in [2.75, 3.05) is 17.2 Å². The van der Waals surface area contributed by atoms with Crippen molar-refractivity contribution in [3.05, 3.63) is 131 Å². The predicted octanol–water partition coefficient (Wildman–Crippen LogP) is 6.67. The summed E-state index contributed by atoms with van der Waals surface area (Å²) in [6.45, 7) is 2.50. The van der Waals surface area contributed by atoms with Gasteiger partial charge in [-0.25, -0.2) is 4.98 Å². The standard InChI is InChI=1S/C24H21ClF3N7O.C7H8/c25-19-3-1-2-17(10-19)13-32-23-33-20(11-21(34-23)35-9-8-29-15-35)30-14-22(36)31-12-16-4-6-18(7-5-16)24(26,27)28;1-7-5-3-2-4-6-7/h1-11,15H,12-14H2,(H,31,36)(H2,30,32,33,34);2-6H,1H3. The van der Waals surface area contributed by atoms with Crippen molar-refractivity contribution in [3.8, 4) is 5.82 Å². The minimum atomic E-state index is -4.40. The van der Waals surface area contributed by atoms with Crippen LogP contribution in [-0.2, 0) is 24.1 Å². The highest BCUT2D eigenvalue weighted by molar-refractivity contribution is 6.30. The summed E-state index contributed by atoms with van der Waals surface area (Å²) in [4.78, 5) is 25.2. The van der Waals surface area contributed by atoms with Gasteiger partial charge in [0.25, 0.3) is 0 Å². The van der Waals surface area contributed by atoms with Gasteiger partial charge in [0.05, 0.1) is 12.1 Å². The number of amides is 1. The maximum absolute atomic E-state index is 12.7. The summed E-state index contributed by atoms with van der Waals surface area (Å²) < 4.78 is 39.8. The van der Waals surface area contributed by atoms with Gasteiger partial charge < -0.3 is 16.0 Å². The zero-order valence-electron chi connectivity index (χ0n) is 23.1. The molecule has 2 aromatic heterocycles. The van der Waals surface area contributed by atoms with E-state index < -0.39 is 11.7 Å². The number of alkyl halides is 3. The van der Waals surface area contributed by atoms with Crippen molar-refractivity contribution < 1.29 is 18.0 Å². The number of anilines is 2. The lowest BCUT2D eigenvalue weighted by atomic mass is 10.1. The zero-order valence-corrected chi connectivity index (χ0v) is 23.9. The normalized spacial score (nSPS) is 10.8. The second kappa shape index (κ2) is 14.8. The number of nitrogens with one attached hydrogen (secondary N) is 3. The van der Waals surface area contributed by atoms with Crippen molar-refractivity contribution >= 4 is 29.3 Å². The summed E-state index contributed by atoms with van der Waals surface area (Å²) in [5.74, 6) is 0.899. The maximum Gasteiger partial charge on any atom is 0.416 e. The molecule has 3 N–H and O–H groups in total. The minimum Gasteiger partial charge on any atom is -0.361 e. The fourth-order valence-corrected chi connectivity index (χ4v) is 3.95. The van der Waals surface area contributed by atoms with Crippen molar-refractivity contribution in [2.45, 2.75) is 26.2 Å². The van der Waals surface area contributed by atoms with Crippen molar-refractivity contribution in [3.63, 3.8) is 0 Å². The smallest absolute Gasteiger partial charge is 0.361 e. The Balaban J connectivity index is 0.000000530. The monoisotopic (exact) mass is 607 g/mol.